The molecule has 9 heteroatoms. The number of hydrogen-bond acceptors (Lipinski definition) is 5. The van der Waals surface area contributed by atoms with Crippen molar-refractivity contribution in [2.24, 2.45) is 0 Å². The number of ether oxygens (including phenoxy) is 2. The Hall–Kier alpha value is -2.45. The maximum Gasteiger partial charge on any atom is 0.232 e. The smallest absolute Gasteiger partial charge is 0.232 e. The molecule has 164 valence electrons. The van der Waals surface area contributed by atoms with Gasteiger partial charge in [0.1, 0.15) is 18.1 Å². The molecule has 0 spiro atoms. The molecular weight excluding hydrogens is 428 g/mol. The molecular formula is C21H27ClN2O5S. The minimum absolute atomic E-state index is 0.167. The van der Waals surface area contributed by atoms with E-state index < -0.39 is 10.0 Å². The second-order valence-electron chi connectivity index (χ2n) is 6.75. The van der Waals surface area contributed by atoms with Gasteiger partial charge < -0.3 is 14.8 Å². The largest absolute Gasteiger partial charge is 0.497 e. The van der Waals surface area contributed by atoms with Crippen molar-refractivity contribution in [3.8, 4) is 11.5 Å². The van der Waals surface area contributed by atoms with E-state index in [0.717, 1.165) is 11.8 Å². The van der Waals surface area contributed by atoms with E-state index in [1.807, 2.05) is 19.1 Å². The zero-order valence-corrected chi connectivity index (χ0v) is 18.9. The number of nitrogens with zero attached hydrogens (tertiary/aromatic N) is 1. The number of sulfonamides is 1. The summed E-state index contributed by atoms with van der Waals surface area (Å²) in [6, 6.07) is 12.2. The van der Waals surface area contributed by atoms with E-state index in [2.05, 4.69) is 5.32 Å². The van der Waals surface area contributed by atoms with Gasteiger partial charge in [0.05, 0.1) is 25.6 Å². The Kier molecular flexibility index (Phi) is 8.80. The van der Waals surface area contributed by atoms with E-state index in [9.17, 15) is 13.2 Å². The van der Waals surface area contributed by atoms with Gasteiger partial charge in [0.25, 0.3) is 0 Å². The van der Waals surface area contributed by atoms with Crippen LogP contribution in [-0.2, 0) is 14.8 Å². The van der Waals surface area contributed by atoms with Crippen LogP contribution < -0.4 is 19.1 Å². The van der Waals surface area contributed by atoms with Crippen molar-refractivity contribution in [3.63, 3.8) is 0 Å². The molecule has 1 N–H and O–H groups in total. The number of aryl methyl sites for hydroxylation is 1. The molecule has 0 aliphatic rings. The summed E-state index contributed by atoms with van der Waals surface area (Å²) >= 11 is 6.05. The van der Waals surface area contributed by atoms with Gasteiger partial charge in [-0.3, -0.25) is 9.10 Å². The lowest BCUT2D eigenvalue weighted by atomic mass is 10.2. The molecule has 0 unspecified atom stereocenters. The number of halogens is 1. The lowest BCUT2D eigenvalue weighted by Crippen LogP contribution is -2.32. The SMILES string of the molecule is COc1cccc(N(CCCC(=O)NCCOc2ccc(C)c(Cl)c2)S(C)(=O)=O)c1. The highest BCUT2D eigenvalue weighted by molar-refractivity contribution is 7.92. The molecule has 0 bridgehead atoms. The first-order valence-electron chi connectivity index (χ1n) is 9.48. The molecule has 2 rings (SSSR count). The van der Waals surface area contributed by atoms with Gasteiger partial charge in [-0.15, -0.1) is 0 Å². The highest BCUT2D eigenvalue weighted by Crippen LogP contribution is 2.23. The van der Waals surface area contributed by atoms with Gasteiger partial charge in [-0.05, 0) is 43.2 Å². The van der Waals surface area contributed by atoms with E-state index in [0.29, 0.717) is 41.8 Å². The summed E-state index contributed by atoms with van der Waals surface area (Å²) in [5.74, 6) is 1.04. The number of carbonyl (C=O) groups is 1. The van der Waals surface area contributed by atoms with Gasteiger partial charge in [-0.1, -0.05) is 23.7 Å². The Balaban J connectivity index is 1.77. The predicted molar refractivity (Wildman–Crippen MR) is 119 cm³/mol. The van der Waals surface area contributed by atoms with Crippen LogP contribution in [0.15, 0.2) is 42.5 Å². The third-order valence-electron chi connectivity index (χ3n) is 4.34. The fraction of sp³-hybridized carbons (Fsp3) is 0.381. The van der Waals surface area contributed by atoms with E-state index in [-0.39, 0.29) is 18.9 Å². The van der Waals surface area contributed by atoms with Gasteiger partial charge in [0.2, 0.25) is 15.9 Å². The van der Waals surface area contributed by atoms with E-state index in [1.54, 1.807) is 30.3 Å². The molecule has 0 aromatic heterocycles. The molecule has 2 aromatic rings. The molecule has 0 radical (unpaired) electrons. The minimum atomic E-state index is -3.48. The maximum absolute atomic E-state index is 12.2. The van der Waals surface area contributed by atoms with Crippen molar-refractivity contribution in [2.45, 2.75) is 19.8 Å². The average molecular weight is 455 g/mol. The molecule has 0 atom stereocenters. The number of methoxy groups -OCH3 is 1. The number of amides is 1. The van der Waals surface area contributed by atoms with Crippen LogP contribution in [0, 0.1) is 6.92 Å². The second-order valence-corrected chi connectivity index (χ2v) is 9.06. The van der Waals surface area contributed by atoms with Gasteiger partial charge in [-0.25, -0.2) is 8.42 Å². The Morgan fingerprint density at radius 2 is 1.93 bits per heavy atom. The molecule has 30 heavy (non-hydrogen) atoms. The molecule has 7 nitrogen and oxygen atoms in total. The van der Waals surface area contributed by atoms with Gasteiger partial charge in [0, 0.05) is 24.1 Å². The van der Waals surface area contributed by atoms with Crippen LogP contribution >= 0.6 is 11.6 Å². The topological polar surface area (TPSA) is 84.9 Å². The summed E-state index contributed by atoms with van der Waals surface area (Å²) in [5, 5.41) is 3.39. The molecule has 0 fully saturated rings. The predicted octanol–water partition coefficient (Wildman–Crippen LogP) is 3.40. The number of rotatable bonds is 11. The first kappa shape index (κ1) is 23.8. The number of anilines is 1. The van der Waals surface area contributed by atoms with Crippen LogP contribution in [0.5, 0.6) is 11.5 Å². The summed E-state index contributed by atoms with van der Waals surface area (Å²) in [6.45, 7) is 2.75. The van der Waals surface area contributed by atoms with Crippen LogP contribution in [-0.4, -0.2) is 47.4 Å². The molecule has 0 aliphatic heterocycles. The van der Waals surface area contributed by atoms with Crippen LogP contribution in [0.3, 0.4) is 0 Å². The fourth-order valence-corrected chi connectivity index (χ4v) is 3.87. The number of carbonyl (C=O) groups excluding carboxylic acids is 1. The maximum atomic E-state index is 12.2. The Bertz CT molecular complexity index is 966. The van der Waals surface area contributed by atoms with Gasteiger partial charge in [0.15, 0.2) is 0 Å². The first-order chi connectivity index (χ1) is 14.2. The highest BCUT2D eigenvalue weighted by Gasteiger charge is 2.18. The van der Waals surface area contributed by atoms with Crippen molar-refractivity contribution in [2.75, 3.05) is 37.4 Å². The van der Waals surface area contributed by atoms with Crippen LogP contribution in [0.25, 0.3) is 0 Å². The third-order valence-corrected chi connectivity index (χ3v) is 5.94. The molecule has 0 saturated carbocycles. The normalized spacial score (nSPS) is 11.1. The number of nitrogens with one attached hydrogen (secondary N) is 1. The average Bonchev–Trinajstić information content (AvgIpc) is 2.70. The summed E-state index contributed by atoms with van der Waals surface area (Å²) in [7, 11) is -1.96. The summed E-state index contributed by atoms with van der Waals surface area (Å²) < 4.78 is 36.3. The highest BCUT2D eigenvalue weighted by atomic mass is 35.5. The zero-order chi connectivity index (χ0) is 22.1. The van der Waals surface area contributed by atoms with Crippen molar-refractivity contribution < 1.29 is 22.7 Å². The molecule has 0 saturated heterocycles. The fourth-order valence-electron chi connectivity index (χ4n) is 2.75. The molecule has 2 aromatic carbocycles. The summed E-state index contributed by atoms with van der Waals surface area (Å²) in [4.78, 5) is 12.0. The lowest BCUT2D eigenvalue weighted by molar-refractivity contribution is -0.121. The third kappa shape index (κ3) is 7.42. The summed E-state index contributed by atoms with van der Waals surface area (Å²) in [6.07, 6.45) is 1.72. The Morgan fingerprint density at radius 1 is 1.17 bits per heavy atom. The number of hydrogen-bond donors (Lipinski definition) is 1. The van der Waals surface area contributed by atoms with Crippen molar-refractivity contribution in [3.05, 3.63) is 53.1 Å². The van der Waals surface area contributed by atoms with Gasteiger partial charge in [-0.2, -0.15) is 0 Å². The van der Waals surface area contributed by atoms with Gasteiger partial charge >= 0.3 is 0 Å². The number of benzene rings is 2. The minimum Gasteiger partial charge on any atom is -0.497 e. The molecule has 0 aliphatic carbocycles. The molecule has 0 heterocycles. The Labute approximate surface area is 183 Å². The van der Waals surface area contributed by atoms with E-state index >= 15 is 0 Å². The van der Waals surface area contributed by atoms with E-state index in [1.165, 1.54) is 11.4 Å². The Morgan fingerprint density at radius 3 is 2.60 bits per heavy atom. The van der Waals surface area contributed by atoms with Crippen LogP contribution in [0.4, 0.5) is 5.69 Å². The monoisotopic (exact) mass is 454 g/mol. The standard InChI is InChI=1S/C21H27ClN2O5S/c1-16-9-10-19(15-20(16)22)29-13-11-23-21(25)8-5-12-24(30(3,26)27)17-6-4-7-18(14-17)28-2/h4,6-7,9-10,14-15H,5,8,11-13H2,1-3H3,(H,23,25). The quantitative estimate of drug-likeness (QED) is 0.526. The summed E-state index contributed by atoms with van der Waals surface area (Å²) in [5.41, 5.74) is 1.47. The van der Waals surface area contributed by atoms with Crippen molar-refractivity contribution in [1.29, 1.82) is 0 Å². The second kappa shape index (κ2) is 11.1. The van der Waals surface area contributed by atoms with Crippen LogP contribution in [0.1, 0.15) is 18.4 Å². The van der Waals surface area contributed by atoms with Crippen molar-refractivity contribution >= 4 is 33.2 Å². The van der Waals surface area contributed by atoms with Crippen molar-refractivity contribution in [1.82, 2.24) is 5.32 Å². The van der Waals surface area contributed by atoms with E-state index in [4.69, 9.17) is 21.1 Å². The molecule has 1 amide bonds. The lowest BCUT2D eigenvalue weighted by Gasteiger charge is -2.22. The first-order valence-corrected chi connectivity index (χ1v) is 11.7. The van der Waals surface area contributed by atoms with Crippen LogP contribution in [0.2, 0.25) is 5.02 Å². The zero-order valence-electron chi connectivity index (χ0n) is 17.4.